The molecule has 0 aliphatic rings. The molecule has 1 N–H and O–H groups in total. The van der Waals surface area contributed by atoms with E-state index in [4.69, 9.17) is 4.74 Å². The average molecular weight is 235 g/mol. The van der Waals surface area contributed by atoms with Crippen LogP contribution in [0.2, 0.25) is 0 Å². The topological polar surface area (TPSA) is 38.3 Å². The SMILES string of the molecule is CC(=O)OCC(C)(C)NCc1ccccc1C. The lowest BCUT2D eigenvalue weighted by atomic mass is 10.0. The Bertz CT molecular complexity index is 386. The Morgan fingerprint density at radius 1 is 1.35 bits per heavy atom. The second kappa shape index (κ2) is 5.82. The smallest absolute Gasteiger partial charge is 0.302 e. The van der Waals surface area contributed by atoms with Gasteiger partial charge < -0.3 is 10.1 Å². The van der Waals surface area contributed by atoms with Crippen molar-refractivity contribution in [3.63, 3.8) is 0 Å². The van der Waals surface area contributed by atoms with E-state index in [1.807, 2.05) is 26.0 Å². The van der Waals surface area contributed by atoms with Gasteiger partial charge in [0.05, 0.1) is 0 Å². The van der Waals surface area contributed by atoms with Gasteiger partial charge in [-0.25, -0.2) is 0 Å². The van der Waals surface area contributed by atoms with Crippen molar-refractivity contribution in [2.24, 2.45) is 0 Å². The number of hydrogen-bond donors (Lipinski definition) is 1. The van der Waals surface area contributed by atoms with E-state index in [-0.39, 0.29) is 11.5 Å². The number of ether oxygens (including phenoxy) is 1. The number of nitrogens with one attached hydrogen (secondary N) is 1. The number of carbonyl (C=O) groups is 1. The first-order valence-corrected chi connectivity index (χ1v) is 5.83. The molecule has 17 heavy (non-hydrogen) atoms. The molecule has 0 aliphatic carbocycles. The van der Waals surface area contributed by atoms with Gasteiger partial charge in [-0.15, -0.1) is 0 Å². The number of aryl methyl sites for hydroxylation is 1. The van der Waals surface area contributed by atoms with Gasteiger partial charge in [-0.2, -0.15) is 0 Å². The molecule has 0 saturated heterocycles. The van der Waals surface area contributed by atoms with Crippen molar-refractivity contribution in [1.82, 2.24) is 5.32 Å². The van der Waals surface area contributed by atoms with Gasteiger partial charge in [0, 0.05) is 19.0 Å². The van der Waals surface area contributed by atoms with Crippen LogP contribution in [0.4, 0.5) is 0 Å². The van der Waals surface area contributed by atoms with Crippen molar-refractivity contribution in [2.45, 2.75) is 39.8 Å². The molecule has 1 rings (SSSR count). The second-order valence-electron chi connectivity index (χ2n) is 4.94. The number of esters is 1. The summed E-state index contributed by atoms with van der Waals surface area (Å²) in [6.07, 6.45) is 0. The number of hydrogen-bond acceptors (Lipinski definition) is 3. The first-order valence-electron chi connectivity index (χ1n) is 5.83. The highest BCUT2D eigenvalue weighted by molar-refractivity contribution is 5.65. The Hall–Kier alpha value is -1.35. The molecule has 0 aliphatic heterocycles. The van der Waals surface area contributed by atoms with Crippen molar-refractivity contribution in [3.8, 4) is 0 Å². The minimum atomic E-state index is -0.240. The summed E-state index contributed by atoms with van der Waals surface area (Å²) >= 11 is 0. The fourth-order valence-corrected chi connectivity index (χ4v) is 1.48. The maximum Gasteiger partial charge on any atom is 0.302 e. The third-order valence-electron chi connectivity index (χ3n) is 2.65. The highest BCUT2D eigenvalue weighted by Gasteiger charge is 2.18. The molecule has 0 aromatic heterocycles. The molecule has 0 radical (unpaired) electrons. The normalized spacial score (nSPS) is 11.3. The Labute approximate surface area is 103 Å². The van der Waals surface area contributed by atoms with Crippen LogP contribution in [-0.2, 0) is 16.1 Å². The molecule has 1 aromatic carbocycles. The van der Waals surface area contributed by atoms with E-state index in [9.17, 15) is 4.79 Å². The van der Waals surface area contributed by atoms with Gasteiger partial charge in [-0.3, -0.25) is 4.79 Å². The lowest BCUT2D eigenvalue weighted by Gasteiger charge is -2.26. The maximum absolute atomic E-state index is 10.8. The first kappa shape index (κ1) is 13.7. The Morgan fingerprint density at radius 2 is 2.00 bits per heavy atom. The predicted octanol–water partition coefficient (Wildman–Crippen LogP) is 2.43. The lowest BCUT2D eigenvalue weighted by Crippen LogP contribution is -2.43. The Kier molecular flexibility index (Phi) is 4.70. The summed E-state index contributed by atoms with van der Waals surface area (Å²) in [5.74, 6) is -0.240. The van der Waals surface area contributed by atoms with Crippen molar-refractivity contribution < 1.29 is 9.53 Å². The van der Waals surface area contributed by atoms with Gasteiger partial charge in [0.15, 0.2) is 0 Å². The van der Waals surface area contributed by atoms with Crippen LogP contribution in [0.1, 0.15) is 31.9 Å². The zero-order valence-corrected chi connectivity index (χ0v) is 11.0. The summed E-state index contributed by atoms with van der Waals surface area (Å²) in [7, 11) is 0. The van der Waals surface area contributed by atoms with Crippen molar-refractivity contribution in [2.75, 3.05) is 6.61 Å². The standard InChI is InChI=1S/C14H21NO2/c1-11-7-5-6-8-13(11)9-15-14(3,4)10-17-12(2)16/h5-8,15H,9-10H2,1-4H3. The van der Waals surface area contributed by atoms with E-state index in [1.165, 1.54) is 18.1 Å². The summed E-state index contributed by atoms with van der Waals surface area (Å²) in [6.45, 7) is 8.73. The predicted molar refractivity (Wildman–Crippen MR) is 68.7 cm³/mol. The molecule has 0 amide bonds. The van der Waals surface area contributed by atoms with Crippen LogP contribution in [0.25, 0.3) is 0 Å². The molecule has 0 spiro atoms. The van der Waals surface area contributed by atoms with Crippen molar-refractivity contribution in [3.05, 3.63) is 35.4 Å². The summed E-state index contributed by atoms with van der Waals surface area (Å²) in [5.41, 5.74) is 2.32. The van der Waals surface area contributed by atoms with Gasteiger partial charge in [0.1, 0.15) is 6.61 Å². The Balaban J connectivity index is 2.49. The lowest BCUT2D eigenvalue weighted by molar-refractivity contribution is -0.142. The minimum Gasteiger partial charge on any atom is -0.464 e. The van der Waals surface area contributed by atoms with Crippen LogP contribution < -0.4 is 5.32 Å². The van der Waals surface area contributed by atoms with E-state index >= 15 is 0 Å². The zero-order chi connectivity index (χ0) is 12.9. The summed E-state index contributed by atoms with van der Waals surface area (Å²) in [5, 5.41) is 3.39. The van der Waals surface area contributed by atoms with Gasteiger partial charge >= 0.3 is 5.97 Å². The van der Waals surface area contributed by atoms with Crippen LogP contribution in [0.3, 0.4) is 0 Å². The quantitative estimate of drug-likeness (QED) is 0.797. The largest absolute Gasteiger partial charge is 0.464 e. The minimum absolute atomic E-state index is 0.214. The van der Waals surface area contributed by atoms with E-state index in [0.29, 0.717) is 6.61 Å². The van der Waals surface area contributed by atoms with Gasteiger partial charge in [-0.05, 0) is 31.9 Å². The van der Waals surface area contributed by atoms with E-state index in [0.717, 1.165) is 6.54 Å². The summed E-state index contributed by atoms with van der Waals surface area (Å²) in [4.78, 5) is 10.8. The maximum atomic E-state index is 10.8. The monoisotopic (exact) mass is 235 g/mol. The van der Waals surface area contributed by atoms with Crippen LogP contribution >= 0.6 is 0 Å². The number of carbonyl (C=O) groups excluding carboxylic acids is 1. The molecule has 0 saturated carbocycles. The van der Waals surface area contributed by atoms with E-state index < -0.39 is 0 Å². The first-order chi connectivity index (χ1) is 7.91. The molecule has 1 aromatic rings. The molecule has 3 nitrogen and oxygen atoms in total. The molecular weight excluding hydrogens is 214 g/mol. The highest BCUT2D eigenvalue weighted by atomic mass is 16.5. The average Bonchev–Trinajstić information content (AvgIpc) is 2.26. The molecule has 0 bridgehead atoms. The molecule has 94 valence electrons. The second-order valence-corrected chi connectivity index (χ2v) is 4.94. The molecular formula is C14H21NO2. The highest BCUT2D eigenvalue weighted by Crippen LogP contribution is 2.10. The molecule has 3 heteroatoms. The van der Waals surface area contributed by atoms with Crippen LogP contribution in [-0.4, -0.2) is 18.1 Å². The van der Waals surface area contributed by atoms with Gasteiger partial charge in [0.25, 0.3) is 0 Å². The number of rotatable bonds is 5. The summed E-state index contributed by atoms with van der Waals surface area (Å²) < 4.78 is 5.02. The third-order valence-corrected chi connectivity index (χ3v) is 2.65. The van der Waals surface area contributed by atoms with Crippen molar-refractivity contribution >= 4 is 5.97 Å². The summed E-state index contributed by atoms with van der Waals surface area (Å²) in [6, 6.07) is 8.26. The molecule has 0 atom stereocenters. The fourth-order valence-electron chi connectivity index (χ4n) is 1.48. The van der Waals surface area contributed by atoms with Gasteiger partial charge in [0.2, 0.25) is 0 Å². The molecule has 0 fully saturated rings. The van der Waals surface area contributed by atoms with E-state index in [2.05, 4.69) is 24.4 Å². The third kappa shape index (κ3) is 5.00. The fraction of sp³-hybridized carbons (Fsp3) is 0.500. The molecule has 0 unspecified atom stereocenters. The Morgan fingerprint density at radius 3 is 2.59 bits per heavy atom. The van der Waals surface area contributed by atoms with Crippen molar-refractivity contribution in [1.29, 1.82) is 0 Å². The molecule has 0 heterocycles. The van der Waals surface area contributed by atoms with E-state index in [1.54, 1.807) is 0 Å². The van der Waals surface area contributed by atoms with Crippen LogP contribution in [0, 0.1) is 6.92 Å². The zero-order valence-electron chi connectivity index (χ0n) is 11.0. The van der Waals surface area contributed by atoms with Gasteiger partial charge in [-0.1, -0.05) is 24.3 Å². The van der Waals surface area contributed by atoms with Crippen LogP contribution in [0.15, 0.2) is 24.3 Å². The van der Waals surface area contributed by atoms with Crippen LogP contribution in [0.5, 0.6) is 0 Å². The number of benzene rings is 1.